The lowest BCUT2D eigenvalue weighted by atomic mass is 10.3. The second kappa shape index (κ2) is 5.42. The van der Waals surface area contributed by atoms with E-state index in [1.54, 1.807) is 12.1 Å². The summed E-state index contributed by atoms with van der Waals surface area (Å²) < 4.78 is 6.82. The van der Waals surface area contributed by atoms with Gasteiger partial charge in [0, 0.05) is 0 Å². The Balaban J connectivity index is 2.32. The van der Waals surface area contributed by atoms with E-state index in [4.69, 9.17) is 4.74 Å². The van der Waals surface area contributed by atoms with Crippen LogP contribution in [0.5, 0.6) is 11.5 Å². The molecular formula is C12H7Br2NO2. The van der Waals surface area contributed by atoms with E-state index < -0.39 is 0 Å². The molecule has 5 heteroatoms. The second-order valence-corrected chi connectivity index (χ2v) is 4.95. The van der Waals surface area contributed by atoms with Crippen LogP contribution < -0.4 is 4.74 Å². The van der Waals surface area contributed by atoms with Crippen LogP contribution in [-0.2, 0) is 0 Å². The minimum absolute atomic E-state index is 0.324. The molecule has 0 N–H and O–H groups in total. The van der Waals surface area contributed by atoms with Crippen molar-refractivity contribution < 1.29 is 4.74 Å². The summed E-state index contributed by atoms with van der Waals surface area (Å²) in [5, 5.41) is 2.92. The Hall–Kier alpha value is -1.20. The molecule has 0 fully saturated rings. The number of hydrogen-bond donors (Lipinski definition) is 0. The van der Waals surface area contributed by atoms with Gasteiger partial charge in [-0.3, -0.25) is 0 Å². The number of para-hydroxylation sites is 1. The molecule has 86 valence electrons. The lowest BCUT2D eigenvalue weighted by Gasteiger charge is -2.07. The van der Waals surface area contributed by atoms with Gasteiger partial charge in [0.15, 0.2) is 0 Å². The van der Waals surface area contributed by atoms with E-state index in [1.807, 2.05) is 30.3 Å². The van der Waals surface area contributed by atoms with Gasteiger partial charge in [0.2, 0.25) is 0 Å². The van der Waals surface area contributed by atoms with E-state index in [2.05, 4.69) is 37.0 Å². The smallest absolute Gasteiger partial charge is 0.136 e. The van der Waals surface area contributed by atoms with Crippen LogP contribution in [0.4, 0.5) is 5.69 Å². The van der Waals surface area contributed by atoms with Gasteiger partial charge in [0.25, 0.3) is 0 Å². The van der Waals surface area contributed by atoms with Gasteiger partial charge in [-0.2, -0.15) is 0 Å². The van der Waals surface area contributed by atoms with Crippen LogP contribution in [0.1, 0.15) is 0 Å². The molecule has 0 saturated carbocycles. The minimum Gasteiger partial charge on any atom is -0.457 e. The molecule has 2 aromatic rings. The zero-order valence-electron chi connectivity index (χ0n) is 8.56. The molecule has 0 atom stereocenters. The Kier molecular flexibility index (Phi) is 3.91. The summed E-state index contributed by atoms with van der Waals surface area (Å²) in [6, 6.07) is 12.8. The predicted molar refractivity (Wildman–Crippen MR) is 73.8 cm³/mol. The Morgan fingerprint density at radius 3 is 2.06 bits per heavy atom. The van der Waals surface area contributed by atoms with Crippen LogP contribution in [0, 0.1) is 4.91 Å². The van der Waals surface area contributed by atoms with Crippen molar-refractivity contribution >= 4 is 37.5 Å². The lowest BCUT2D eigenvalue weighted by molar-refractivity contribution is 0.482. The SMILES string of the molecule is O=Nc1c(Br)cc(Oc2ccccc2)cc1Br. The zero-order chi connectivity index (χ0) is 12.3. The topological polar surface area (TPSA) is 38.7 Å². The van der Waals surface area contributed by atoms with Crippen molar-refractivity contribution in [1.82, 2.24) is 0 Å². The van der Waals surface area contributed by atoms with Crippen molar-refractivity contribution in [1.29, 1.82) is 0 Å². The summed E-state index contributed by atoms with van der Waals surface area (Å²) in [6.45, 7) is 0. The molecule has 0 aromatic heterocycles. The molecule has 0 unspecified atom stereocenters. The largest absolute Gasteiger partial charge is 0.457 e. The molecule has 0 aliphatic heterocycles. The summed E-state index contributed by atoms with van der Waals surface area (Å²) in [5.41, 5.74) is 0.324. The number of hydrogen-bond acceptors (Lipinski definition) is 3. The summed E-state index contributed by atoms with van der Waals surface area (Å²) in [5.74, 6) is 1.36. The van der Waals surface area contributed by atoms with Crippen molar-refractivity contribution in [2.45, 2.75) is 0 Å². The zero-order valence-corrected chi connectivity index (χ0v) is 11.7. The summed E-state index contributed by atoms with van der Waals surface area (Å²) in [4.78, 5) is 10.6. The maximum absolute atomic E-state index is 10.6. The molecule has 0 aliphatic carbocycles. The molecule has 0 amide bonds. The van der Waals surface area contributed by atoms with E-state index in [-0.39, 0.29) is 0 Å². The Bertz CT molecular complexity index is 520. The van der Waals surface area contributed by atoms with Crippen LogP contribution in [-0.4, -0.2) is 0 Å². The number of nitrogens with zero attached hydrogens (tertiary/aromatic N) is 1. The van der Waals surface area contributed by atoms with E-state index in [1.165, 1.54) is 0 Å². The van der Waals surface area contributed by atoms with Gasteiger partial charge in [-0.05, 0) is 61.3 Å². The fourth-order valence-electron chi connectivity index (χ4n) is 1.31. The van der Waals surface area contributed by atoms with Crippen LogP contribution in [0.15, 0.2) is 56.6 Å². The number of halogens is 2. The maximum atomic E-state index is 10.6. The standard InChI is InChI=1S/C12H7Br2NO2/c13-10-6-9(7-11(14)12(10)15-16)17-8-4-2-1-3-5-8/h1-7H. The van der Waals surface area contributed by atoms with Crippen LogP contribution >= 0.6 is 31.9 Å². The quantitative estimate of drug-likeness (QED) is 0.690. The highest BCUT2D eigenvalue weighted by atomic mass is 79.9. The summed E-state index contributed by atoms with van der Waals surface area (Å²) in [6.07, 6.45) is 0. The monoisotopic (exact) mass is 355 g/mol. The first-order valence-corrected chi connectivity index (χ1v) is 6.34. The van der Waals surface area contributed by atoms with Gasteiger partial charge in [0.05, 0.1) is 8.95 Å². The third kappa shape index (κ3) is 2.92. The maximum Gasteiger partial charge on any atom is 0.136 e. The highest BCUT2D eigenvalue weighted by Gasteiger charge is 2.09. The third-order valence-corrected chi connectivity index (χ3v) is 3.27. The first kappa shape index (κ1) is 12.3. The van der Waals surface area contributed by atoms with Crippen LogP contribution in [0.2, 0.25) is 0 Å². The number of ether oxygens (including phenoxy) is 1. The third-order valence-electron chi connectivity index (χ3n) is 2.06. The van der Waals surface area contributed by atoms with E-state index in [0.29, 0.717) is 20.4 Å². The van der Waals surface area contributed by atoms with Gasteiger partial charge in [-0.1, -0.05) is 18.2 Å². The Morgan fingerprint density at radius 1 is 0.941 bits per heavy atom. The fraction of sp³-hybridized carbons (Fsp3) is 0. The summed E-state index contributed by atoms with van der Waals surface area (Å²) >= 11 is 6.54. The molecule has 3 nitrogen and oxygen atoms in total. The van der Waals surface area contributed by atoms with Crippen molar-refractivity contribution in [2.24, 2.45) is 5.18 Å². The van der Waals surface area contributed by atoms with Crippen molar-refractivity contribution in [3.8, 4) is 11.5 Å². The second-order valence-electron chi connectivity index (χ2n) is 3.24. The van der Waals surface area contributed by atoms with Gasteiger partial charge in [-0.15, -0.1) is 4.91 Å². The Morgan fingerprint density at radius 2 is 1.53 bits per heavy atom. The number of benzene rings is 2. The first-order chi connectivity index (χ1) is 8.20. The molecule has 0 aliphatic rings. The van der Waals surface area contributed by atoms with E-state index in [9.17, 15) is 4.91 Å². The molecule has 2 rings (SSSR count). The van der Waals surface area contributed by atoms with E-state index in [0.717, 1.165) is 5.75 Å². The Labute approximate surface area is 115 Å². The van der Waals surface area contributed by atoms with Crippen LogP contribution in [0.25, 0.3) is 0 Å². The molecule has 0 radical (unpaired) electrons. The van der Waals surface area contributed by atoms with Crippen molar-refractivity contribution in [2.75, 3.05) is 0 Å². The van der Waals surface area contributed by atoms with Crippen molar-refractivity contribution in [3.05, 3.63) is 56.3 Å². The predicted octanol–water partition coefficient (Wildman–Crippen LogP) is 5.40. The number of rotatable bonds is 3. The molecule has 0 heterocycles. The fourth-order valence-corrected chi connectivity index (χ4v) is 2.60. The molecule has 2 aromatic carbocycles. The molecule has 0 saturated heterocycles. The van der Waals surface area contributed by atoms with Crippen LogP contribution in [0.3, 0.4) is 0 Å². The summed E-state index contributed by atoms with van der Waals surface area (Å²) in [7, 11) is 0. The number of nitroso groups, excluding NO2 is 1. The van der Waals surface area contributed by atoms with Gasteiger partial charge < -0.3 is 4.74 Å². The van der Waals surface area contributed by atoms with E-state index >= 15 is 0 Å². The lowest BCUT2D eigenvalue weighted by Crippen LogP contribution is -1.84. The average molecular weight is 357 g/mol. The average Bonchev–Trinajstić information content (AvgIpc) is 2.30. The molecule has 0 bridgehead atoms. The molecular weight excluding hydrogens is 350 g/mol. The first-order valence-electron chi connectivity index (χ1n) is 4.76. The highest BCUT2D eigenvalue weighted by molar-refractivity contribution is 9.11. The highest BCUT2D eigenvalue weighted by Crippen LogP contribution is 2.38. The molecule has 0 spiro atoms. The molecule has 17 heavy (non-hydrogen) atoms. The van der Waals surface area contributed by atoms with Gasteiger partial charge >= 0.3 is 0 Å². The van der Waals surface area contributed by atoms with Gasteiger partial charge in [-0.25, -0.2) is 0 Å². The minimum atomic E-state index is 0.324. The van der Waals surface area contributed by atoms with Gasteiger partial charge in [0.1, 0.15) is 17.2 Å². The normalized spacial score (nSPS) is 10.0. The van der Waals surface area contributed by atoms with Crippen molar-refractivity contribution in [3.63, 3.8) is 0 Å².